The Morgan fingerprint density at radius 1 is 1.03 bits per heavy atom. The number of hydrogen-bond acceptors (Lipinski definition) is 3. The minimum Gasteiger partial charge on any atom is -0.345 e. The molecule has 0 bridgehead atoms. The molecular weight excluding hydrogens is 422 g/mol. The standard InChI is InChI=1S/C29H29N3O2/c1-18-15-26-27(16-19(18)2)32(29(34)20(3)30-26)17-21-11-13-23(14-12-21)28(33)31-25-10-6-8-22-7-4-5-9-24(22)25/h4-5,7,9,11-16,25H,6,8,10,17H2,1-3H3,(H,31,33)/t25-/m1/s1. The molecule has 0 radical (unpaired) electrons. The first-order valence-corrected chi connectivity index (χ1v) is 11.9. The summed E-state index contributed by atoms with van der Waals surface area (Å²) in [5.74, 6) is -0.0678. The molecule has 4 aromatic rings. The van der Waals surface area contributed by atoms with Crippen LogP contribution in [0.5, 0.6) is 0 Å². The van der Waals surface area contributed by atoms with Crippen molar-refractivity contribution >= 4 is 16.9 Å². The Bertz CT molecular complexity index is 1450. The van der Waals surface area contributed by atoms with E-state index in [0.717, 1.165) is 47.0 Å². The average molecular weight is 452 g/mol. The van der Waals surface area contributed by atoms with Crippen molar-refractivity contribution in [3.63, 3.8) is 0 Å². The van der Waals surface area contributed by atoms with Gasteiger partial charge in [0.15, 0.2) is 0 Å². The normalized spacial score (nSPS) is 15.2. The summed E-state index contributed by atoms with van der Waals surface area (Å²) in [6.07, 6.45) is 3.10. The highest BCUT2D eigenvalue weighted by Gasteiger charge is 2.22. The van der Waals surface area contributed by atoms with Gasteiger partial charge in [0.05, 0.1) is 23.6 Å². The van der Waals surface area contributed by atoms with Crippen molar-refractivity contribution in [3.8, 4) is 0 Å². The summed E-state index contributed by atoms with van der Waals surface area (Å²) < 4.78 is 1.78. The summed E-state index contributed by atoms with van der Waals surface area (Å²) in [5, 5.41) is 3.21. The number of fused-ring (bicyclic) bond motifs is 2. The highest BCUT2D eigenvalue weighted by atomic mass is 16.1. The van der Waals surface area contributed by atoms with E-state index in [4.69, 9.17) is 0 Å². The molecule has 0 unspecified atom stereocenters. The van der Waals surface area contributed by atoms with Crippen LogP contribution in [0.4, 0.5) is 0 Å². The van der Waals surface area contributed by atoms with Gasteiger partial charge in [-0.15, -0.1) is 0 Å². The van der Waals surface area contributed by atoms with E-state index in [2.05, 4.69) is 35.4 Å². The fourth-order valence-corrected chi connectivity index (χ4v) is 4.87. The van der Waals surface area contributed by atoms with Crippen LogP contribution >= 0.6 is 0 Å². The Morgan fingerprint density at radius 3 is 2.56 bits per heavy atom. The number of aryl methyl sites for hydroxylation is 4. The van der Waals surface area contributed by atoms with E-state index in [9.17, 15) is 9.59 Å². The van der Waals surface area contributed by atoms with Crippen LogP contribution in [0.3, 0.4) is 0 Å². The molecule has 0 fully saturated rings. The molecule has 0 spiro atoms. The third-order valence-electron chi connectivity index (χ3n) is 6.96. The van der Waals surface area contributed by atoms with E-state index in [0.29, 0.717) is 17.8 Å². The Morgan fingerprint density at radius 2 is 1.76 bits per heavy atom. The molecule has 3 aromatic carbocycles. The summed E-state index contributed by atoms with van der Waals surface area (Å²) in [4.78, 5) is 30.4. The van der Waals surface area contributed by atoms with E-state index in [1.807, 2.05) is 49.4 Å². The van der Waals surface area contributed by atoms with Crippen LogP contribution < -0.4 is 10.9 Å². The Kier molecular flexibility index (Phi) is 5.78. The molecule has 1 aromatic heterocycles. The van der Waals surface area contributed by atoms with Crippen LogP contribution in [0.15, 0.2) is 65.5 Å². The summed E-state index contributed by atoms with van der Waals surface area (Å²) in [7, 11) is 0. The zero-order valence-electron chi connectivity index (χ0n) is 19.9. The molecular formula is C29H29N3O2. The van der Waals surface area contributed by atoms with Gasteiger partial charge in [-0.2, -0.15) is 0 Å². The first-order valence-electron chi connectivity index (χ1n) is 11.9. The third kappa shape index (κ3) is 4.14. The van der Waals surface area contributed by atoms with Crippen molar-refractivity contribution in [1.29, 1.82) is 0 Å². The molecule has 1 aliphatic carbocycles. The second kappa shape index (κ2) is 8.90. The van der Waals surface area contributed by atoms with Gasteiger partial charge < -0.3 is 9.88 Å². The summed E-state index contributed by atoms with van der Waals surface area (Å²) in [6.45, 7) is 6.28. The molecule has 0 saturated carbocycles. The molecule has 0 saturated heterocycles. The quantitative estimate of drug-likeness (QED) is 0.465. The number of aromatic nitrogens is 2. The van der Waals surface area contributed by atoms with Crippen LogP contribution in [-0.4, -0.2) is 15.5 Å². The first-order chi connectivity index (χ1) is 16.4. The Labute approximate surface area is 199 Å². The van der Waals surface area contributed by atoms with E-state index in [-0.39, 0.29) is 17.5 Å². The third-order valence-corrected chi connectivity index (χ3v) is 6.96. The fourth-order valence-electron chi connectivity index (χ4n) is 4.87. The van der Waals surface area contributed by atoms with E-state index >= 15 is 0 Å². The zero-order valence-corrected chi connectivity index (χ0v) is 19.9. The lowest BCUT2D eigenvalue weighted by Gasteiger charge is -2.26. The maximum absolute atomic E-state index is 13.0. The van der Waals surface area contributed by atoms with Crippen LogP contribution in [0, 0.1) is 20.8 Å². The van der Waals surface area contributed by atoms with Crippen molar-refractivity contribution in [2.75, 3.05) is 0 Å². The minimum atomic E-state index is -0.0893. The van der Waals surface area contributed by atoms with Gasteiger partial charge in [0.2, 0.25) is 0 Å². The molecule has 34 heavy (non-hydrogen) atoms. The van der Waals surface area contributed by atoms with Gasteiger partial charge in [-0.1, -0.05) is 36.4 Å². The van der Waals surface area contributed by atoms with Crippen molar-refractivity contribution < 1.29 is 4.79 Å². The monoisotopic (exact) mass is 451 g/mol. The van der Waals surface area contributed by atoms with Crippen molar-refractivity contribution in [3.05, 3.63) is 110 Å². The minimum absolute atomic E-state index is 0.0496. The highest BCUT2D eigenvalue weighted by Crippen LogP contribution is 2.29. The Balaban J connectivity index is 1.38. The smallest absolute Gasteiger partial charge is 0.272 e. The van der Waals surface area contributed by atoms with Crippen LogP contribution in [0.1, 0.15) is 62.8 Å². The Hall–Kier alpha value is -3.73. The second-order valence-corrected chi connectivity index (χ2v) is 9.33. The molecule has 5 heteroatoms. The molecule has 172 valence electrons. The lowest BCUT2D eigenvalue weighted by atomic mass is 9.87. The zero-order chi connectivity index (χ0) is 23.8. The van der Waals surface area contributed by atoms with Crippen LogP contribution in [0.25, 0.3) is 11.0 Å². The van der Waals surface area contributed by atoms with Gasteiger partial charge in [0.1, 0.15) is 5.69 Å². The van der Waals surface area contributed by atoms with Crippen molar-refractivity contribution in [2.24, 2.45) is 0 Å². The number of rotatable bonds is 4. The highest BCUT2D eigenvalue weighted by molar-refractivity contribution is 5.94. The predicted octanol–water partition coefficient (Wildman–Crippen LogP) is 5.18. The van der Waals surface area contributed by atoms with Gasteiger partial charge in [0.25, 0.3) is 11.5 Å². The number of nitrogens with one attached hydrogen (secondary N) is 1. The molecule has 1 N–H and O–H groups in total. The fraction of sp³-hybridized carbons (Fsp3) is 0.276. The van der Waals surface area contributed by atoms with Crippen LogP contribution in [0.2, 0.25) is 0 Å². The van der Waals surface area contributed by atoms with Crippen LogP contribution in [-0.2, 0) is 13.0 Å². The SMILES string of the molecule is Cc1cc2nc(C)c(=O)n(Cc3ccc(C(=O)N[C@@H]4CCCc5ccccc54)cc3)c2cc1C. The summed E-state index contributed by atoms with van der Waals surface area (Å²) in [5.41, 5.74) is 8.47. The topological polar surface area (TPSA) is 64.0 Å². The lowest BCUT2D eigenvalue weighted by Crippen LogP contribution is -2.31. The van der Waals surface area contributed by atoms with Gasteiger partial charge in [-0.3, -0.25) is 9.59 Å². The number of hydrogen-bond donors (Lipinski definition) is 1. The summed E-state index contributed by atoms with van der Waals surface area (Å²) in [6, 6.07) is 20.0. The number of carbonyl (C=O) groups excluding carboxylic acids is 1. The molecule has 1 atom stereocenters. The second-order valence-electron chi connectivity index (χ2n) is 9.33. The van der Waals surface area contributed by atoms with Gasteiger partial charge in [0, 0.05) is 5.56 Å². The molecule has 1 aliphatic rings. The summed E-state index contributed by atoms with van der Waals surface area (Å²) >= 11 is 0. The number of benzene rings is 3. The maximum atomic E-state index is 13.0. The molecule has 5 rings (SSSR count). The molecule has 1 amide bonds. The number of amides is 1. The molecule has 0 aliphatic heterocycles. The predicted molar refractivity (Wildman–Crippen MR) is 135 cm³/mol. The average Bonchev–Trinajstić information content (AvgIpc) is 2.84. The van der Waals surface area contributed by atoms with Gasteiger partial charge in [-0.25, -0.2) is 4.98 Å². The number of carbonyl (C=O) groups is 1. The van der Waals surface area contributed by atoms with E-state index < -0.39 is 0 Å². The lowest BCUT2D eigenvalue weighted by molar-refractivity contribution is 0.0932. The van der Waals surface area contributed by atoms with Gasteiger partial charge >= 0.3 is 0 Å². The molecule has 1 heterocycles. The van der Waals surface area contributed by atoms with E-state index in [1.165, 1.54) is 11.1 Å². The first kappa shape index (κ1) is 22.1. The van der Waals surface area contributed by atoms with Crippen molar-refractivity contribution in [2.45, 2.75) is 52.6 Å². The van der Waals surface area contributed by atoms with Crippen molar-refractivity contribution in [1.82, 2.24) is 14.9 Å². The van der Waals surface area contributed by atoms with Gasteiger partial charge in [-0.05, 0) is 92.1 Å². The largest absolute Gasteiger partial charge is 0.345 e. The van der Waals surface area contributed by atoms with E-state index in [1.54, 1.807) is 11.5 Å². The molecule has 5 nitrogen and oxygen atoms in total. The number of nitrogens with zero attached hydrogens (tertiary/aromatic N) is 2. The maximum Gasteiger partial charge on any atom is 0.272 e.